The Balaban J connectivity index is 3.84. The SMILES string of the molecule is CC(C)OCCN(C)C(=O)/C=C/C(=O)O. The van der Waals surface area contributed by atoms with Crippen LogP contribution in [-0.4, -0.2) is 48.2 Å². The second-order valence-electron chi connectivity index (χ2n) is 3.35. The minimum atomic E-state index is -1.13. The van der Waals surface area contributed by atoms with E-state index in [1.165, 1.54) is 4.90 Å². The van der Waals surface area contributed by atoms with E-state index in [-0.39, 0.29) is 12.0 Å². The number of amides is 1. The molecule has 15 heavy (non-hydrogen) atoms. The van der Waals surface area contributed by atoms with Crippen LogP contribution in [0.3, 0.4) is 0 Å². The van der Waals surface area contributed by atoms with Crippen LogP contribution in [0.25, 0.3) is 0 Å². The zero-order valence-corrected chi connectivity index (χ0v) is 9.27. The predicted octanol–water partition coefficient (Wildman–Crippen LogP) is 0.511. The van der Waals surface area contributed by atoms with Crippen molar-refractivity contribution in [3.05, 3.63) is 12.2 Å². The maximum Gasteiger partial charge on any atom is 0.328 e. The lowest BCUT2D eigenvalue weighted by Gasteiger charge is -2.16. The van der Waals surface area contributed by atoms with Crippen LogP contribution in [0.5, 0.6) is 0 Å². The molecule has 0 saturated carbocycles. The third-order valence-corrected chi connectivity index (χ3v) is 1.62. The van der Waals surface area contributed by atoms with Crippen molar-refractivity contribution in [2.24, 2.45) is 0 Å². The van der Waals surface area contributed by atoms with Crippen molar-refractivity contribution < 1.29 is 19.4 Å². The maximum atomic E-state index is 11.2. The van der Waals surface area contributed by atoms with Crippen molar-refractivity contribution in [2.45, 2.75) is 20.0 Å². The highest BCUT2D eigenvalue weighted by Crippen LogP contribution is 1.91. The fourth-order valence-corrected chi connectivity index (χ4v) is 0.805. The zero-order chi connectivity index (χ0) is 11.8. The van der Waals surface area contributed by atoms with Crippen molar-refractivity contribution in [3.8, 4) is 0 Å². The van der Waals surface area contributed by atoms with E-state index in [4.69, 9.17) is 9.84 Å². The molecule has 0 aromatic heterocycles. The molecule has 0 bridgehead atoms. The highest BCUT2D eigenvalue weighted by atomic mass is 16.5. The van der Waals surface area contributed by atoms with E-state index in [0.29, 0.717) is 13.2 Å². The first-order valence-corrected chi connectivity index (χ1v) is 4.71. The van der Waals surface area contributed by atoms with E-state index in [1.54, 1.807) is 7.05 Å². The van der Waals surface area contributed by atoms with Gasteiger partial charge in [-0.3, -0.25) is 4.79 Å². The van der Waals surface area contributed by atoms with Crippen molar-refractivity contribution in [1.29, 1.82) is 0 Å². The van der Waals surface area contributed by atoms with Gasteiger partial charge in [0, 0.05) is 25.7 Å². The minimum Gasteiger partial charge on any atom is -0.478 e. The smallest absolute Gasteiger partial charge is 0.328 e. The highest BCUT2D eigenvalue weighted by Gasteiger charge is 2.05. The first-order valence-electron chi connectivity index (χ1n) is 4.71. The number of carboxylic acids is 1. The molecule has 0 aliphatic heterocycles. The molecular weight excluding hydrogens is 198 g/mol. The number of aliphatic carboxylic acids is 1. The van der Waals surface area contributed by atoms with Gasteiger partial charge in [0.15, 0.2) is 0 Å². The number of nitrogens with zero attached hydrogens (tertiary/aromatic N) is 1. The second-order valence-corrected chi connectivity index (χ2v) is 3.35. The minimum absolute atomic E-state index is 0.128. The molecule has 0 rings (SSSR count). The molecule has 0 aliphatic carbocycles. The number of likely N-dealkylation sites (N-methyl/N-ethyl adjacent to an activating group) is 1. The molecule has 1 amide bonds. The molecule has 0 fully saturated rings. The monoisotopic (exact) mass is 215 g/mol. The summed E-state index contributed by atoms with van der Waals surface area (Å²) in [6.45, 7) is 4.71. The number of ether oxygens (including phenoxy) is 1. The fraction of sp³-hybridized carbons (Fsp3) is 0.600. The number of hydrogen-bond donors (Lipinski definition) is 1. The van der Waals surface area contributed by atoms with E-state index in [1.807, 2.05) is 13.8 Å². The van der Waals surface area contributed by atoms with Crippen molar-refractivity contribution in [3.63, 3.8) is 0 Å². The Morgan fingerprint density at radius 1 is 1.40 bits per heavy atom. The van der Waals surface area contributed by atoms with Gasteiger partial charge < -0.3 is 14.7 Å². The first-order chi connectivity index (χ1) is 6.93. The summed E-state index contributed by atoms with van der Waals surface area (Å²) in [6, 6.07) is 0. The normalized spacial score (nSPS) is 10.9. The van der Waals surface area contributed by atoms with Gasteiger partial charge in [0.2, 0.25) is 5.91 Å². The molecule has 0 atom stereocenters. The lowest BCUT2D eigenvalue weighted by Crippen LogP contribution is -2.29. The first kappa shape index (κ1) is 13.6. The van der Waals surface area contributed by atoms with Gasteiger partial charge in [-0.15, -0.1) is 0 Å². The summed E-state index contributed by atoms with van der Waals surface area (Å²) in [4.78, 5) is 22.8. The molecule has 5 heteroatoms. The van der Waals surface area contributed by atoms with Gasteiger partial charge >= 0.3 is 5.97 Å². The fourth-order valence-electron chi connectivity index (χ4n) is 0.805. The van der Waals surface area contributed by atoms with Gasteiger partial charge in [-0.1, -0.05) is 0 Å². The summed E-state index contributed by atoms with van der Waals surface area (Å²) in [5, 5.41) is 8.31. The van der Waals surface area contributed by atoms with Crippen LogP contribution >= 0.6 is 0 Å². The van der Waals surface area contributed by atoms with E-state index < -0.39 is 5.97 Å². The van der Waals surface area contributed by atoms with Crippen LogP contribution in [0.15, 0.2) is 12.2 Å². The third-order valence-electron chi connectivity index (χ3n) is 1.62. The molecule has 0 aromatic carbocycles. The topological polar surface area (TPSA) is 66.8 Å². The molecule has 5 nitrogen and oxygen atoms in total. The van der Waals surface area contributed by atoms with Crippen LogP contribution < -0.4 is 0 Å². The van der Waals surface area contributed by atoms with E-state index >= 15 is 0 Å². The second kappa shape index (κ2) is 7.00. The predicted molar refractivity (Wildman–Crippen MR) is 55.5 cm³/mol. The van der Waals surface area contributed by atoms with Crippen molar-refractivity contribution >= 4 is 11.9 Å². The summed E-state index contributed by atoms with van der Waals surface area (Å²) in [5.74, 6) is -1.47. The average molecular weight is 215 g/mol. The summed E-state index contributed by atoms with van der Waals surface area (Å²) >= 11 is 0. The standard InChI is InChI=1S/C10H17NO4/c1-8(2)15-7-6-11(3)9(12)4-5-10(13)14/h4-5,8H,6-7H2,1-3H3,(H,13,14)/b5-4+. The van der Waals surface area contributed by atoms with Gasteiger partial charge in [0.1, 0.15) is 0 Å². The maximum absolute atomic E-state index is 11.2. The third kappa shape index (κ3) is 7.69. The van der Waals surface area contributed by atoms with E-state index in [2.05, 4.69) is 0 Å². The van der Waals surface area contributed by atoms with Gasteiger partial charge in [-0.05, 0) is 13.8 Å². The molecule has 0 unspecified atom stereocenters. The summed E-state index contributed by atoms with van der Waals surface area (Å²) in [5.41, 5.74) is 0. The Kier molecular flexibility index (Phi) is 6.37. The Hall–Kier alpha value is -1.36. The number of carboxylic acid groups (broad SMARTS) is 1. The van der Waals surface area contributed by atoms with Crippen LogP contribution in [0.2, 0.25) is 0 Å². The molecule has 0 spiro atoms. The number of rotatable bonds is 6. The number of carbonyl (C=O) groups excluding carboxylic acids is 1. The van der Waals surface area contributed by atoms with E-state index in [9.17, 15) is 9.59 Å². The van der Waals surface area contributed by atoms with Crippen LogP contribution in [0, 0.1) is 0 Å². The summed E-state index contributed by atoms with van der Waals surface area (Å²) < 4.78 is 5.25. The van der Waals surface area contributed by atoms with Crippen LogP contribution in [0.1, 0.15) is 13.8 Å². The van der Waals surface area contributed by atoms with Gasteiger partial charge in [-0.25, -0.2) is 4.79 Å². The molecule has 0 aromatic rings. The van der Waals surface area contributed by atoms with Crippen LogP contribution in [0.4, 0.5) is 0 Å². The number of carbonyl (C=O) groups is 2. The summed E-state index contributed by atoms with van der Waals surface area (Å²) in [6.07, 6.45) is 1.97. The molecular formula is C10H17NO4. The molecule has 0 radical (unpaired) electrons. The van der Waals surface area contributed by atoms with Gasteiger partial charge in [0.05, 0.1) is 12.7 Å². The molecule has 1 N–H and O–H groups in total. The molecule has 0 heterocycles. The Bertz CT molecular complexity index is 248. The van der Waals surface area contributed by atoms with Gasteiger partial charge in [0.25, 0.3) is 0 Å². The van der Waals surface area contributed by atoms with Gasteiger partial charge in [-0.2, -0.15) is 0 Å². The summed E-state index contributed by atoms with van der Waals surface area (Å²) in [7, 11) is 1.60. The molecule has 0 saturated heterocycles. The molecule has 0 aliphatic rings. The van der Waals surface area contributed by atoms with Crippen molar-refractivity contribution in [2.75, 3.05) is 20.2 Å². The lowest BCUT2D eigenvalue weighted by molar-refractivity contribution is -0.132. The quantitative estimate of drug-likeness (QED) is 0.655. The van der Waals surface area contributed by atoms with Crippen LogP contribution in [-0.2, 0) is 14.3 Å². The Morgan fingerprint density at radius 3 is 2.47 bits per heavy atom. The Labute approximate surface area is 89.3 Å². The zero-order valence-electron chi connectivity index (χ0n) is 9.27. The Morgan fingerprint density at radius 2 is 2.00 bits per heavy atom. The van der Waals surface area contributed by atoms with Crippen molar-refractivity contribution in [1.82, 2.24) is 4.90 Å². The molecule has 86 valence electrons. The number of hydrogen-bond acceptors (Lipinski definition) is 3. The lowest BCUT2D eigenvalue weighted by atomic mass is 10.4. The highest BCUT2D eigenvalue weighted by molar-refractivity contribution is 5.93. The average Bonchev–Trinajstić information content (AvgIpc) is 2.13. The van der Waals surface area contributed by atoms with E-state index in [0.717, 1.165) is 12.2 Å². The largest absolute Gasteiger partial charge is 0.478 e.